The van der Waals surface area contributed by atoms with Crippen molar-refractivity contribution in [2.75, 3.05) is 37.4 Å². The van der Waals surface area contributed by atoms with E-state index in [1.54, 1.807) is 31.4 Å². The minimum atomic E-state index is -4.73. The second kappa shape index (κ2) is 11.5. The molecule has 2 aromatic rings. The average molecular weight is 509 g/mol. The Kier molecular flexibility index (Phi) is 9.24. The molecule has 0 radical (unpaired) electrons. The highest BCUT2D eigenvalue weighted by Crippen LogP contribution is 2.37. The lowest BCUT2D eigenvalue weighted by Gasteiger charge is -2.23. The summed E-state index contributed by atoms with van der Waals surface area (Å²) in [5, 5.41) is 2.11. The molecule has 0 aromatic heterocycles. The molecule has 12 heteroatoms. The van der Waals surface area contributed by atoms with Crippen molar-refractivity contribution in [2.45, 2.75) is 19.0 Å². The topological polar surface area (TPSA) is 84.9 Å². The largest absolute Gasteiger partial charge is 0.497 e. The SMILES string of the molecule is COc1ccc(OCCNC(=O)CCCN(c2ccc(Cl)c(C(F)(F)F)c2)S(C)(=O)=O)cc1. The molecule has 2 rings (SSSR count). The zero-order valence-corrected chi connectivity index (χ0v) is 19.6. The van der Waals surface area contributed by atoms with Crippen LogP contribution in [0.4, 0.5) is 18.9 Å². The van der Waals surface area contributed by atoms with Crippen LogP contribution in [-0.2, 0) is 21.0 Å². The van der Waals surface area contributed by atoms with Crippen molar-refractivity contribution in [3.05, 3.63) is 53.1 Å². The summed E-state index contributed by atoms with van der Waals surface area (Å²) in [6.07, 6.45) is -3.77. The third-order valence-corrected chi connectivity index (χ3v) is 5.98. The predicted molar refractivity (Wildman–Crippen MR) is 119 cm³/mol. The van der Waals surface area contributed by atoms with Crippen LogP contribution in [0.2, 0.25) is 5.02 Å². The van der Waals surface area contributed by atoms with E-state index in [1.165, 1.54) is 6.07 Å². The molecule has 0 bridgehead atoms. The van der Waals surface area contributed by atoms with Crippen molar-refractivity contribution in [3.8, 4) is 11.5 Å². The van der Waals surface area contributed by atoms with E-state index in [4.69, 9.17) is 21.1 Å². The lowest BCUT2D eigenvalue weighted by atomic mass is 10.2. The van der Waals surface area contributed by atoms with E-state index in [1.807, 2.05) is 0 Å². The van der Waals surface area contributed by atoms with Gasteiger partial charge >= 0.3 is 6.18 Å². The Bertz CT molecular complexity index is 1050. The third-order valence-electron chi connectivity index (χ3n) is 4.46. The Morgan fingerprint density at radius 2 is 1.76 bits per heavy atom. The van der Waals surface area contributed by atoms with Crippen LogP contribution in [0.15, 0.2) is 42.5 Å². The number of methoxy groups -OCH3 is 1. The highest BCUT2D eigenvalue weighted by atomic mass is 35.5. The van der Waals surface area contributed by atoms with E-state index in [9.17, 15) is 26.4 Å². The van der Waals surface area contributed by atoms with Crippen molar-refractivity contribution in [1.29, 1.82) is 0 Å². The van der Waals surface area contributed by atoms with Crippen LogP contribution in [0.1, 0.15) is 18.4 Å². The summed E-state index contributed by atoms with van der Waals surface area (Å²) in [4.78, 5) is 12.0. The molecule has 182 valence electrons. The maximum atomic E-state index is 13.1. The fourth-order valence-corrected chi connectivity index (χ4v) is 4.06. The Hall–Kier alpha value is -2.66. The number of nitrogens with one attached hydrogen (secondary N) is 1. The second-order valence-corrected chi connectivity index (χ2v) is 9.29. The molecule has 0 aliphatic rings. The molecular weight excluding hydrogens is 485 g/mol. The lowest BCUT2D eigenvalue weighted by Crippen LogP contribution is -2.33. The van der Waals surface area contributed by atoms with Crippen LogP contribution in [0.5, 0.6) is 11.5 Å². The molecule has 0 spiro atoms. The van der Waals surface area contributed by atoms with Gasteiger partial charge in [-0.2, -0.15) is 13.2 Å². The number of amides is 1. The maximum Gasteiger partial charge on any atom is 0.417 e. The van der Waals surface area contributed by atoms with E-state index in [0.29, 0.717) is 17.6 Å². The molecule has 0 saturated carbocycles. The summed E-state index contributed by atoms with van der Waals surface area (Å²) < 4.78 is 75.0. The number of rotatable bonds is 11. The molecule has 0 fully saturated rings. The summed E-state index contributed by atoms with van der Waals surface area (Å²) in [6, 6.07) is 9.78. The molecular formula is C21H24ClF3N2O5S. The molecule has 0 aliphatic carbocycles. The normalized spacial score (nSPS) is 11.7. The monoisotopic (exact) mass is 508 g/mol. The number of hydrogen-bond donors (Lipinski definition) is 1. The number of carbonyl (C=O) groups is 1. The van der Waals surface area contributed by atoms with Crippen molar-refractivity contribution >= 4 is 33.2 Å². The highest BCUT2D eigenvalue weighted by molar-refractivity contribution is 7.92. The number of nitrogens with zero attached hydrogens (tertiary/aromatic N) is 1. The van der Waals surface area contributed by atoms with Crippen molar-refractivity contribution in [2.24, 2.45) is 0 Å². The van der Waals surface area contributed by atoms with Gasteiger partial charge in [-0.25, -0.2) is 8.42 Å². The number of benzene rings is 2. The van der Waals surface area contributed by atoms with Gasteiger partial charge in [0.05, 0.1) is 36.2 Å². The summed E-state index contributed by atoms with van der Waals surface area (Å²) >= 11 is 5.60. The summed E-state index contributed by atoms with van der Waals surface area (Å²) in [7, 11) is -2.33. The first-order valence-electron chi connectivity index (χ1n) is 9.80. The van der Waals surface area contributed by atoms with Crippen LogP contribution in [0, 0.1) is 0 Å². The van der Waals surface area contributed by atoms with Gasteiger partial charge in [-0.05, 0) is 48.9 Å². The van der Waals surface area contributed by atoms with Crippen molar-refractivity contribution < 1.29 is 35.9 Å². The molecule has 2 aromatic carbocycles. The molecule has 0 atom stereocenters. The van der Waals surface area contributed by atoms with Crippen LogP contribution in [0.25, 0.3) is 0 Å². The number of carbonyl (C=O) groups excluding carboxylic acids is 1. The minimum absolute atomic E-state index is 0.0196. The molecule has 0 saturated heterocycles. The van der Waals surface area contributed by atoms with Gasteiger partial charge in [0, 0.05) is 13.0 Å². The number of sulfonamides is 1. The van der Waals surface area contributed by atoms with Crippen LogP contribution in [-0.4, -0.2) is 47.4 Å². The quantitative estimate of drug-likeness (QED) is 0.462. The van der Waals surface area contributed by atoms with Gasteiger partial charge in [-0.3, -0.25) is 9.10 Å². The van der Waals surface area contributed by atoms with E-state index < -0.39 is 26.8 Å². The van der Waals surface area contributed by atoms with Gasteiger partial charge in [0.2, 0.25) is 15.9 Å². The predicted octanol–water partition coefficient (Wildman–Crippen LogP) is 4.11. The Labute approximate surface area is 195 Å². The fraction of sp³-hybridized carbons (Fsp3) is 0.381. The Morgan fingerprint density at radius 3 is 2.33 bits per heavy atom. The molecule has 0 heterocycles. The van der Waals surface area contributed by atoms with Crippen LogP contribution in [0.3, 0.4) is 0 Å². The zero-order valence-electron chi connectivity index (χ0n) is 18.0. The number of alkyl halides is 3. The van der Waals surface area contributed by atoms with Crippen molar-refractivity contribution in [3.63, 3.8) is 0 Å². The van der Waals surface area contributed by atoms with Gasteiger partial charge < -0.3 is 14.8 Å². The second-order valence-electron chi connectivity index (χ2n) is 6.97. The average Bonchev–Trinajstić information content (AvgIpc) is 2.73. The minimum Gasteiger partial charge on any atom is -0.497 e. The van der Waals surface area contributed by atoms with Gasteiger partial charge in [0.25, 0.3) is 0 Å². The summed E-state index contributed by atoms with van der Waals surface area (Å²) in [5.41, 5.74) is -1.31. The Morgan fingerprint density at radius 1 is 1.12 bits per heavy atom. The lowest BCUT2D eigenvalue weighted by molar-refractivity contribution is -0.137. The number of halogens is 4. The van der Waals surface area contributed by atoms with E-state index in [0.717, 1.165) is 16.6 Å². The first-order valence-corrected chi connectivity index (χ1v) is 12.0. The standard InChI is InChI=1S/C21H24ClF3N2O5S/c1-31-16-6-8-17(9-7-16)32-13-11-26-20(28)4-3-12-27(33(2,29)30)15-5-10-19(22)18(14-15)21(23,24)25/h5-10,14H,3-4,11-13H2,1-2H3,(H,26,28). The number of hydrogen-bond acceptors (Lipinski definition) is 5. The maximum absolute atomic E-state index is 13.1. The molecule has 0 aliphatic heterocycles. The van der Waals surface area contributed by atoms with Crippen LogP contribution < -0.4 is 19.1 Å². The van der Waals surface area contributed by atoms with Gasteiger partial charge in [0.15, 0.2) is 0 Å². The smallest absolute Gasteiger partial charge is 0.417 e. The van der Waals surface area contributed by atoms with E-state index >= 15 is 0 Å². The zero-order chi connectivity index (χ0) is 24.6. The third kappa shape index (κ3) is 8.32. The van der Waals surface area contributed by atoms with Gasteiger partial charge in [0.1, 0.15) is 18.1 Å². The first kappa shape index (κ1) is 26.6. The fourth-order valence-electron chi connectivity index (χ4n) is 2.87. The van der Waals surface area contributed by atoms with E-state index in [-0.39, 0.29) is 44.1 Å². The molecule has 33 heavy (non-hydrogen) atoms. The van der Waals surface area contributed by atoms with Gasteiger partial charge in [-0.1, -0.05) is 11.6 Å². The van der Waals surface area contributed by atoms with Crippen molar-refractivity contribution in [1.82, 2.24) is 5.32 Å². The molecule has 1 amide bonds. The number of anilines is 1. The summed E-state index contributed by atoms with van der Waals surface area (Å²) in [5.74, 6) is 0.955. The molecule has 7 nitrogen and oxygen atoms in total. The first-order chi connectivity index (χ1) is 15.4. The molecule has 0 unspecified atom stereocenters. The number of ether oxygens (including phenoxy) is 2. The highest BCUT2D eigenvalue weighted by Gasteiger charge is 2.34. The van der Waals surface area contributed by atoms with Gasteiger partial charge in [-0.15, -0.1) is 0 Å². The molecule has 1 N–H and O–H groups in total. The van der Waals surface area contributed by atoms with Crippen LogP contribution >= 0.6 is 11.6 Å². The van der Waals surface area contributed by atoms with E-state index in [2.05, 4.69) is 5.32 Å². The summed E-state index contributed by atoms with van der Waals surface area (Å²) in [6.45, 7) is 0.277. The Balaban J connectivity index is 1.86.